The third kappa shape index (κ3) is 6.66. The molecule has 0 aromatic heterocycles. The van der Waals surface area contributed by atoms with Gasteiger partial charge in [-0.3, -0.25) is 9.59 Å². The van der Waals surface area contributed by atoms with Crippen molar-refractivity contribution in [1.82, 2.24) is 14.5 Å². The van der Waals surface area contributed by atoms with Crippen molar-refractivity contribution in [3.8, 4) is 11.5 Å². The number of amides is 2. The minimum absolute atomic E-state index is 0.119. The van der Waals surface area contributed by atoms with E-state index in [-0.39, 0.29) is 19.9 Å². The van der Waals surface area contributed by atoms with Crippen molar-refractivity contribution in [2.24, 2.45) is 0 Å². The van der Waals surface area contributed by atoms with Gasteiger partial charge in [-0.2, -0.15) is 4.31 Å². The van der Waals surface area contributed by atoms with Crippen LogP contribution in [0.1, 0.15) is 22.7 Å². The molecule has 0 saturated heterocycles. The zero-order valence-corrected chi connectivity index (χ0v) is 21.5. The van der Waals surface area contributed by atoms with E-state index in [0.29, 0.717) is 17.1 Å². The Kier molecular flexibility index (Phi) is 8.10. The smallest absolute Gasteiger partial charge is 0.247 e. The van der Waals surface area contributed by atoms with Gasteiger partial charge >= 0.3 is 0 Å². The maximum Gasteiger partial charge on any atom is 0.247 e. The van der Waals surface area contributed by atoms with Gasteiger partial charge in [0.2, 0.25) is 28.6 Å². The molecule has 2 amide bonds. The number of rotatable bonds is 10. The van der Waals surface area contributed by atoms with Gasteiger partial charge in [0.25, 0.3) is 0 Å². The second kappa shape index (κ2) is 11.4. The SMILES string of the molecule is CN(CC(=O)N(Cc1ccccc1)C(C(=O)NCc1ccc2c(c1)OCO2)c1ccccc1)S(C)(=O)=O. The summed E-state index contributed by atoms with van der Waals surface area (Å²) in [7, 11) is -2.26. The molecule has 0 saturated carbocycles. The summed E-state index contributed by atoms with van der Waals surface area (Å²) in [6.45, 7) is 0.0772. The number of nitrogens with one attached hydrogen (secondary N) is 1. The largest absolute Gasteiger partial charge is 0.454 e. The summed E-state index contributed by atoms with van der Waals surface area (Å²) >= 11 is 0. The summed E-state index contributed by atoms with van der Waals surface area (Å²) < 4.78 is 35.8. The number of sulfonamides is 1. The van der Waals surface area contributed by atoms with Crippen LogP contribution in [-0.4, -0.2) is 56.1 Å². The van der Waals surface area contributed by atoms with Gasteiger partial charge in [0.1, 0.15) is 6.04 Å². The molecule has 0 aliphatic carbocycles. The fourth-order valence-corrected chi connectivity index (χ4v) is 4.29. The van der Waals surface area contributed by atoms with Crippen LogP contribution in [0.25, 0.3) is 0 Å². The normalized spacial score (nSPS) is 13.3. The molecule has 1 aliphatic heterocycles. The van der Waals surface area contributed by atoms with Crippen LogP contribution in [0.3, 0.4) is 0 Å². The number of carbonyl (C=O) groups is 2. The van der Waals surface area contributed by atoms with Crippen LogP contribution in [0.15, 0.2) is 78.9 Å². The molecule has 10 heteroatoms. The second-order valence-electron chi connectivity index (χ2n) is 8.74. The molecule has 1 aliphatic rings. The molecule has 0 radical (unpaired) electrons. The lowest BCUT2D eigenvalue weighted by atomic mass is 10.0. The summed E-state index contributed by atoms with van der Waals surface area (Å²) in [4.78, 5) is 28.6. The van der Waals surface area contributed by atoms with Gasteiger partial charge in [-0.1, -0.05) is 66.7 Å². The number of nitrogens with zero attached hydrogens (tertiary/aromatic N) is 2. The average Bonchev–Trinajstić information content (AvgIpc) is 3.36. The van der Waals surface area contributed by atoms with Gasteiger partial charge < -0.3 is 19.7 Å². The van der Waals surface area contributed by atoms with Crippen molar-refractivity contribution in [3.05, 3.63) is 95.6 Å². The van der Waals surface area contributed by atoms with E-state index in [1.807, 2.05) is 42.5 Å². The molecule has 9 nitrogen and oxygen atoms in total. The number of carbonyl (C=O) groups excluding carboxylic acids is 2. The fourth-order valence-electron chi connectivity index (χ4n) is 3.95. The molecule has 1 atom stereocenters. The van der Waals surface area contributed by atoms with Crippen LogP contribution >= 0.6 is 0 Å². The Bertz CT molecular complexity index is 1350. The number of hydrogen-bond donors (Lipinski definition) is 1. The van der Waals surface area contributed by atoms with Crippen molar-refractivity contribution in [2.45, 2.75) is 19.1 Å². The second-order valence-corrected chi connectivity index (χ2v) is 10.8. The van der Waals surface area contributed by atoms with Crippen LogP contribution < -0.4 is 14.8 Å². The number of benzene rings is 3. The Morgan fingerprint density at radius 1 is 0.919 bits per heavy atom. The molecule has 3 aromatic rings. The summed E-state index contributed by atoms with van der Waals surface area (Å²) in [6, 6.07) is 22.6. The topological polar surface area (TPSA) is 105 Å². The van der Waals surface area contributed by atoms with E-state index in [2.05, 4.69) is 5.32 Å². The van der Waals surface area contributed by atoms with E-state index in [4.69, 9.17) is 9.47 Å². The van der Waals surface area contributed by atoms with E-state index < -0.39 is 34.4 Å². The lowest BCUT2D eigenvalue weighted by molar-refractivity contribution is -0.141. The Hall–Kier alpha value is -3.89. The highest BCUT2D eigenvalue weighted by Crippen LogP contribution is 2.32. The highest BCUT2D eigenvalue weighted by atomic mass is 32.2. The van der Waals surface area contributed by atoms with Crippen molar-refractivity contribution in [1.29, 1.82) is 0 Å². The highest BCUT2D eigenvalue weighted by Gasteiger charge is 2.33. The lowest BCUT2D eigenvalue weighted by Gasteiger charge is -2.32. The van der Waals surface area contributed by atoms with E-state index >= 15 is 0 Å². The molecule has 3 aromatic carbocycles. The quantitative estimate of drug-likeness (QED) is 0.438. The highest BCUT2D eigenvalue weighted by molar-refractivity contribution is 7.88. The van der Waals surface area contributed by atoms with Gasteiger partial charge in [0.15, 0.2) is 11.5 Å². The molecule has 4 rings (SSSR count). The zero-order chi connectivity index (χ0) is 26.4. The first-order chi connectivity index (χ1) is 17.7. The van der Waals surface area contributed by atoms with Crippen LogP contribution in [0.2, 0.25) is 0 Å². The first-order valence-electron chi connectivity index (χ1n) is 11.7. The zero-order valence-electron chi connectivity index (χ0n) is 20.7. The van der Waals surface area contributed by atoms with E-state index in [0.717, 1.165) is 21.7 Å². The number of hydrogen-bond acceptors (Lipinski definition) is 6. The first-order valence-corrected chi connectivity index (χ1v) is 13.5. The number of fused-ring (bicyclic) bond motifs is 1. The van der Waals surface area contributed by atoms with E-state index in [1.165, 1.54) is 11.9 Å². The third-order valence-electron chi connectivity index (χ3n) is 6.02. The minimum Gasteiger partial charge on any atom is -0.454 e. The molecule has 0 fully saturated rings. The molecule has 1 unspecified atom stereocenters. The van der Waals surface area contributed by atoms with Crippen LogP contribution in [0, 0.1) is 0 Å². The monoisotopic (exact) mass is 523 g/mol. The lowest BCUT2D eigenvalue weighted by Crippen LogP contribution is -2.47. The van der Waals surface area contributed by atoms with Crippen LogP contribution in [0.5, 0.6) is 11.5 Å². The standard InChI is InChI=1S/C27H29N3O6S/c1-29(37(2,33)34)18-25(31)30(17-20-9-5-3-6-10-20)26(22-11-7-4-8-12-22)27(32)28-16-21-13-14-23-24(15-21)36-19-35-23/h3-15,26H,16-19H2,1-2H3,(H,28,32). The summed E-state index contributed by atoms with van der Waals surface area (Å²) in [5, 5.41) is 2.93. The Morgan fingerprint density at radius 3 is 2.24 bits per heavy atom. The van der Waals surface area contributed by atoms with Gasteiger partial charge in [0, 0.05) is 20.1 Å². The fraction of sp³-hybridized carbons (Fsp3) is 0.259. The number of likely N-dealkylation sites (N-methyl/N-ethyl adjacent to an activating group) is 1. The Balaban J connectivity index is 1.63. The van der Waals surface area contributed by atoms with Crippen LogP contribution in [-0.2, 0) is 32.7 Å². The third-order valence-corrected chi connectivity index (χ3v) is 7.28. The Morgan fingerprint density at radius 2 is 1.57 bits per heavy atom. The first kappa shape index (κ1) is 26.2. The summed E-state index contributed by atoms with van der Waals surface area (Å²) in [6.07, 6.45) is 1.04. The Labute approximate surface area is 216 Å². The molecule has 1 N–H and O–H groups in total. The number of ether oxygens (including phenoxy) is 2. The van der Waals surface area contributed by atoms with Gasteiger partial charge in [-0.25, -0.2) is 8.42 Å². The predicted molar refractivity (Wildman–Crippen MR) is 138 cm³/mol. The van der Waals surface area contributed by atoms with E-state index in [9.17, 15) is 18.0 Å². The van der Waals surface area contributed by atoms with Gasteiger partial charge in [0.05, 0.1) is 12.8 Å². The molecular weight excluding hydrogens is 494 g/mol. The van der Waals surface area contributed by atoms with Gasteiger partial charge in [-0.05, 0) is 28.8 Å². The molecule has 0 spiro atoms. The van der Waals surface area contributed by atoms with Crippen LogP contribution in [0.4, 0.5) is 0 Å². The van der Waals surface area contributed by atoms with Gasteiger partial charge in [-0.15, -0.1) is 0 Å². The minimum atomic E-state index is -3.60. The maximum atomic E-state index is 13.7. The summed E-state index contributed by atoms with van der Waals surface area (Å²) in [5.74, 6) is 0.363. The van der Waals surface area contributed by atoms with E-state index in [1.54, 1.807) is 36.4 Å². The molecule has 0 bridgehead atoms. The van der Waals surface area contributed by atoms with Crippen molar-refractivity contribution in [2.75, 3.05) is 26.6 Å². The molecule has 194 valence electrons. The van der Waals surface area contributed by atoms with Crippen molar-refractivity contribution >= 4 is 21.8 Å². The maximum absolute atomic E-state index is 13.7. The molecule has 1 heterocycles. The summed E-state index contributed by atoms with van der Waals surface area (Å²) in [5.41, 5.74) is 2.22. The van der Waals surface area contributed by atoms with Crippen molar-refractivity contribution < 1.29 is 27.5 Å². The average molecular weight is 524 g/mol. The predicted octanol–water partition coefficient (Wildman–Crippen LogP) is 2.69. The van der Waals surface area contributed by atoms with Crippen molar-refractivity contribution in [3.63, 3.8) is 0 Å². The molecule has 37 heavy (non-hydrogen) atoms. The molecular formula is C27H29N3O6S.